The number of aliphatic hydroxyl groups is 1. The second kappa shape index (κ2) is 8.92. The third-order valence-electron chi connectivity index (χ3n) is 6.89. The highest BCUT2D eigenvalue weighted by Gasteiger charge is 2.66. The number of amidine groups is 1. The summed E-state index contributed by atoms with van der Waals surface area (Å²) in [6.45, 7) is 10.7. The van der Waals surface area contributed by atoms with Gasteiger partial charge in [-0.15, -0.1) is 11.8 Å². The fourth-order valence-electron chi connectivity index (χ4n) is 4.93. The summed E-state index contributed by atoms with van der Waals surface area (Å²) < 4.78 is 10.4. The van der Waals surface area contributed by atoms with Crippen molar-refractivity contribution < 1.29 is 29.0 Å². The normalized spacial score (nSPS) is 30.4. The molecule has 4 aliphatic rings. The van der Waals surface area contributed by atoms with Gasteiger partial charge in [-0.1, -0.05) is 11.8 Å². The number of carbonyl (C=O) groups excluding carboxylic acids is 3. The van der Waals surface area contributed by atoms with Crippen molar-refractivity contribution in [1.82, 2.24) is 4.90 Å². The van der Waals surface area contributed by atoms with Crippen LogP contribution in [0.3, 0.4) is 0 Å². The molecule has 1 N–H and O–H groups in total. The Kier molecular flexibility index (Phi) is 6.65. The number of rotatable bonds is 6. The molecule has 10 heteroatoms. The van der Waals surface area contributed by atoms with Gasteiger partial charge in [-0.25, -0.2) is 4.79 Å². The molecule has 0 unspecified atom stereocenters. The molecule has 1 saturated carbocycles. The van der Waals surface area contributed by atoms with E-state index in [1.165, 1.54) is 0 Å². The first-order chi connectivity index (χ1) is 15.4. The lowest BCUT2D eigenvalue weighted by Crippen LogP contribution is -2.58. The molecule has 0 spiro atoms. The van der Waals surface area contributed by atoms with Crippen molar-refractivity contribution in [1.29, 1.82) is 0 Å². The molecule has 1 saturated heterocycles. The summed E-state index contributed by atoms with van der Waals surface area (Å²) in [4.78, 5) is 45.6. The van der Waals surface area contributed by atoms with Gasteiger partial charge in [0.05, 0.1) is 23.5 Å². The van der Waals surface area contributed by atoms with E-state index in [9.17, 15) is 19.5 Å². The molecule has 2 heterocycles. The second-order valence-electron chi connectivity index (χ2n) is 10.3. The first kappa shape index (κ1) is 24.6. The van der Waals surface area contributed by atoms with Crippen LogP contribution in [-0.2, 0) is 23.9 Å². The van der Waals surface area contributed by atoms with Crippen molar-refractivity contribution in [3.8, 4) is 0 Å². The zero-order chi connectivity index (χ0) is 24.1. The predicted molar refractivity (Wildman–Crippen MR) is 128 cm³/mol. The molecule has 0 bridgehead atoms. The van der Waals surface area contributed by atoms with Crippen LogP contribution in [-0.4, -0.2) is 76.4 Å². The highest BCUT2D eigenvalue weighted by Crippen LogP contribution is 2.65. The van der Waals surface area contributed by atoms with Crippen molar-refractivity contribution in [2.45, 2.75) is 52.4 Å². The minimum Gasteiger partial charge on any atom is -0.427 e. The Balaban J connectivity index is 1.47. The number of nitrogens with zero attached hydrogens (tertiary/aromatic N) is 2. The molecular formula is C23H32N2O6S2. The van der Waals surface area contributed by atoms with Gasteiger partial charge in [0.25, 0.3) is 0 Å². The summed E-state index contributed by atoms with van der Waals surface area (Å²) in [5.74, 6) is -0.615. The summed E-state index contributed by atoms with van der Waals surface area (Å²) in [6.07, 6.45) is -0.382. The number of ether oxygens (including phenoxy) is 2. The van der Waals surface area contributed by atoms with Gasteiger partial charge in [0.2, 0.25) is 6.79 Å². The summed E-state index contributed by atoms with van der Waals surface area (Å²) in [5.41, 5.74) is -0.994. The smallest absolute Gasteiger partial charge is 0.337 e. The Morgan fingerprint density at radius 1 is 1.33 bits per heavy atom. The zero-order valence-corrected chi connectivity index (χ0v) is 21.4. The van der Waals surface area contributed by atoms with Gasteiger partial charge in [0.15, 0.2) is 5.17 Å². The van der Waals surface area contributed by atoms with Crippen LogP contribution in [0.25, 0.3) is 0 Å². The molecule has 4 rings (SSSR count). The summed E-state index contributed by atoms with van der Waals surface area (Å²) >= 11 is 3.34. The monoisotopic (exact) mass is 496 g/mol. The van der Waals surface area contributed by atoms with Gasteiger partial charge in [0.1, 0.15) is 5.78 Å². The molecule has 2 aliphatic carbocycles. The van der Waals surface area contributed by atoms with Crippen LogP contribution >= 0.6 is 23.5 Å². The number of thioether (sulfide) groups is 2. The molecule has 0 radical (unpaired) electrons. The Labute approximate surface area is 202 Å². The molecule has 0 aromatic carbocycles. The van der Waals surface area contributed by atoms with Crippen LogP contribution in [0.15, 0.2) is 15.5 Å². The van der Waals surface area contributed by atoms with Crippen molar-refractivity contribution in [3.63, 3.8) is 0 Å². The molecule has 33 heavy (non-hydrogen) atoms. The number of hydrogen-bond acceptors (Lipinski definition) is 10. The van der Waals surface area contributed by atoms with E-state index < -0.39 is 41.6 Å². The van der Waals surface area contributed by atoms with E-state index in [1.54, 1.807) is 51.2 Å². The molecule has 0 amide bonds. The molecule has 4 atom stereocenters. The van der Waals surface area contributed by atoms with E-state index in [1.807, 2.05) is 6.92 Å². The Hall–Kier alpha value is -1.52. The van der Waals surface area contributed by atoms with Gasteiger partial charge in [0, 0.05) is 40.5 Å². The Bertz CT molecular complexity index is 918. The number of esters is 2. The Morgan fingerprint density at radius 3 is 2.61 bits per heavy atom. The number of aliphatic hydroxyl groups excluding tert-OH is 1. The van der Waals surface area contributed by atoms with Crippen LogP contribution < -0.4 is 0 Å². The summed E-state index contributed by atoms with van der Waals surface area (Å²) in [6, 6.07) is 0. The zero-order valence-electron chi connectivity index (χ0n) is 19.8. The largest absolute Gasteiger partial charge is 0.427 e. The number of fused-ring (bicyclic) bond motifs is 1. The fourth-order valence-corrected chi connectivity index (χ4v) is 7.46. The predicted octanol–water partition coefficient (Wildman–Crippen LogP) is 2.46. The van der Waals surface area contributed by atoms with Gasteiger partial charge in [-0.3, -0.25) is 14.6 Å². The van der Waals surface area contributed by atoms with E-state index in [2.05, 4.69) is 9.89 Å². The van der Waals surface area contributed by atoms with Crippen LogP contribution in [0.1, 0.15) is 41.0 Å². The molecular weight excluding hydrogens is 464 g/mol. The summed E-state index contributed by atoms with van der Waals surface area (Å²) in [7, 11) is 0. The molecule has 2 aliphatic heterocycles. The lowest BCUT2D eigenvalue weighted by atomic mass is 9.53. The maximum Gasteiger partial charge on any atom is 0.337 e. The van der Waals surface area contributed by atoms with Crippen LogP contribution in [0.2, 0.25) is 0 Å². The van der Waals surface area contributed by atoms with Crippen LogP contribution in [0, 0.1) is 22.7 Å². The fraction of sp³-hybridized carbons (Fsp3) is 0.739. The van der Waals surface area contributed by atoms with Gasteiger partial charge < -0.3 is 19.5 Å². The van der Waals surface area contributed by atoms with Gasteiger partial charge in [-0.2, -0.15) is 0 Å². The van der Waals surface area contributed by atoms with Crippen molar-refractivity contribution in [3.05, 3.63) is 10.5 Å². The van der Waals surface area contributed by atoms with Crippen molar-refractivity contribution >= 4 is 46.4 Å². The van der Waals surface area contributed by atoms with E-state index >= 15 is 0 Å². The van der Waals surface area contributed by atoms with Gasteiger partial charge >= 0.3 is 11.9 Å². The highest BCUT2D eigenvalue weighted by molar-refractivity contribution is 8.14. The maximum absolute atomic E-state index is 13.1. The lowest BCUT2D eigenvalue weighted by molar-refractivity contribution is -0.171. The van der Waals surface area contributed by atoms with E-state index in [0.29, 0.717) is 12.0 Å². The van der Waals surface area contributed by atoms with Crippen molar-refractivity contribution in [2.24, 2.45) is 27.7 Å². The number of likely N-dealkylation sites (tertiary alicyclic amines) is 1. The van der Waals surface area contributed by atoms with E-state index in [0.717, 1.165) is 35.5 Å². The number of aliphatic imine (C=N–C) groups is 1. The Morgan fingerprint density at radius 2 is 2.03 bits per heavy atom. The van der Waals surface area contributed by atoms with Crippen LogP contribution in [0.4, 0.5) is 0 Å². The first-order valence-electron chi connectivity index (χ1n) is 11.3. The second-order valence-corrected chi connectivity index (χ2v) is 12.7. The average molecular weight is 497 g/mol. The lowest BCUT2D eigenvalue weighted by Gasteiger charge is -2.51. The highest BCUT2D eigenvalue weighted by atomic mass is 32.2. The van der Waals surface area contributed by atoms with Crippen LogP contribution in [0.5, 0.6) is 0 Å². The third-order valence-corrected chi connectivity index (χ3v) is 9.46. The molecule has 182 valence electrons. The number of allylic oxidation sites excluding steroid dienone is 1. The maximum atomic E-state index is 13.1. The minimum absolute atomic E-state index is 0.0149. The van der Waals surface area contributed by atoms with Crippen molar-refractivity contribution in [2.75, 3.05) is 32.2 Å². The van der Waals surface area contributed by atoms with Gasteiger partial charge in [-0.05, 0) is 47.0 Å². The number of ketones is 1. The SMILES string of the molecule is C[C@@H](O)[C@H]1C(=O)[C@]2(C)C(SC3CN(C4=NCCS4)C3)=C(C(=O)OCOC(=O)C(C)(C)C)C[C@@H]12. The number of hydrogen-bond donors (Lipinski definition) is 1. The van der Waals surface area contributed by atoms with E-state index in [4.69, 9.17) is 9.47 Å². The number of carbonyl (C=O) groups is 3. The minimum atomic E-state index is -0.775. The first-order valence-corrected chi connectivity index (χ1v) is 13.2. The third kappa shape index (κ3) is 4.34. The standard InChI is InChI=1S/C23H32N2O6S2/c1-12(26)16-15-8-14(19(28)30-11-31-20(29)22(2,3)4)18(23(15,5)17(16)27)33-13-9-25(10-13)21-24-6-7-32-21/h12-13,15-16,26H,6-11H2,1-5H3/t12-,15+,16-,23-/m1/s1. The number of Topliss-reactive ketones (excluding diaryl/α,β-unsaturated/α-hetero) is 1. The molecule has 2 fully saturated rings. The molecule has 8 nitrogen and oxygen atoms in total. The molecule has 0 aromatic rings. The average Bonchev–Trinajstić information content (AvgIpc) is 3.30. The molecule has 0 aromatic heterocycles. The summed E-state index contributed by atoms with van der Waals surface area (Å²) in [5, 5.41) is 11.5. The topological polar surface area (TPSA) is 106 Å². The van der Waals surface area contributed by atoms with E-state index in [-0.39, 0.29) is 17.0 Å². The quantitative estimate of drug-likeness (QED) is 0.438.